The first-order chi connectivity index (χ1) is 9.61. The highest BCUT2D eigenvalue weighted by Gasteiger charge is 2.21. The van der Waals surface area contributed by atoms with E-state index in [1.165, 1.54) is 12.0 Å². The summed E-state index contributed by atoms with van der Waals surface area (Å²) in [5.41, 5.74) is 0. The number of esters is 1. The molecule has 20 heavy (non-hydrogen) atoms. The van der Waals surface area contributed by atoms with Crippen molar-refractivity contribution in [3.8, 4) is 0 Å². The van der Waals surface area contributed by atoms with Crippen LogP contribution in [0.1, 0.15) is 35.2 Å². The second-order valence-electron chi connectivity index (χ2n) is 4.37. The topological polar surface area (TPSA) is 38.3 Å². The van der Waals surface area contributed by atoms with Gasteiger partial charge in [-0.2, -0.15) is 0 Å². The molecule has 2 aromatic rings. The number of halogens is 1. The Morgan fingerprint density at radius 2 is 2.20 bits per heavy atom. The van der Waals surface area contributed by atoms with Crippen LogP contribution in [0.3, 0.4) is 0 Å². The molecule has 2 aromatic heterocycles. The highest BCUT2D eigenvalue weighted by Crippen LogP contribution is 2.32. The van der Waals surface area contributed by atoms with Gasteiger partial charge in [0.05, 0.1) is 19.6 Å². The molecule has 6 heteroatoms. The zero-order valence-electron chi connectivity index (χ0n) is 11.3. The van der Waals surface area contributed by atoms with Crippen molar-refractivity contribution in [2.45, 2.75) is 25.4 Å². The second-order valence-corrected chi connectivity index (χ2v) is 7.15. The Balaban J connectivity index is 2.11. The highest BCUT2D eigenvalue weighted by molar-refractivity contribution is 9.10. The Morgan fingerprint density at radius 3 is 2.75 bits per heavy atom. The van der Waals surface area contributed by atoms with Crippen LogP contribution in [0.4, 0.5) is 0 Å². The lowest BCUT2D eigenvalue weighted by Gasteiger charge is -2.21. The Labute approximate surface area is 135 Å². The van der Waals surface area contributed by atoms with Crippen molar-refractivity contribution in [1.29, 1.82) is 0 Å². The third-order valence-electron chi connectivity index (χ3n) is 2.97. The molecule has 1 N–H and O–H groups in total. The van der Waals surface area contributed by atoms with Crippen LogP contribution in [-0.2, 0) is 9.53 Å². The van der Waals surface area contributed by atoms with Gasteiger partial charge in [0, 0.05) is 20.3 Å². The molecule has 2 heterocycles. The number of carbonyl (C=O) groups excluding carboxylic acids is 1. The summed E-state index contributed by atoms with van der Waals surface area (Å²) < 4.78 is 5.90. The summed E-state index contributed by atoms with van der Waals surface area (Å²) in [5.74, 6) is -0.201. The fourth-order valence-electron chi connectivity index (χ4n) is 1.97. The average Bonchev–Trinajstić information content (AvgIpc) is 3.08. The lowest BCUT2D eigenvalue weighted by atomic mass is 10.1. The van der Waals surface area contributed by atoms with Gasteiger partial charge in [0.2, 0.25) is 0 Å². The molecule has 2 unspecified atom stereocenters. The first-order valence-electron chi connectivity index (χ1n) is 6.21. The smallest absolute Gasteiger partial charge is 0.307 e. The average molecular weight is 374 g/mol. The van der Waals surface area contributed by atoms with Gasteiger partial charge >= 0.3 is 5.97 Å². The van der Waals surface area contributed by atoms with E-state index < -0.39 is 0 Å². The van der Waals surface area contributed by atoms with E-state index in [1.807, 2.05) is 23.6 Å². The molecule has 2 rings (SSSR count). The summed E-state index contributed by atoms with van der Waals surface area (Å²) in [7, 11) is 1.42. The summed E-state index contributed by atoms with van der Waals surface area (Å²) in [5, 5.41) is 7.59. The number of thiophene rings is 2. The van der Waals surface area contributed by atoms with Gasteiger partial charge in [-0.15, -0.1) is 22.7 Å². The zero-order valence-corrected chi connectivity index (χ0v) is 14.5. The maximum atomic E-state index is 11.6. The van der Waals surface area contributed by atoms with E-state index in [9.17, 15) is 4.79 Å². The molecule has 0 saturated heterocycles. The minimum Gasteiger partial charge on any atom is -0.469 e. The minimum atomic E-state index is -0.201. The SMILES string of the molecule is COC(=O)CC(NC(C)c1sccc1Br)c1cccs1. The first-order valence-corrected chi connectivity index (χ1v) is 8.76. The van der Waals surface area contributed by atoms with Crippen LogP contribution in [0.5, 0.6) is 0 Å². The van der Waals surface area contributed by atoms with Gasteiger partial charge in [0.1, 0.15) is 0 Å². The van der Waals surface area contributed by atoms with Crippen LogP contribution in [0.15, 0.2) is 33.4 Å². The van der Waals surface area contributed by atoms with E-state index in [4.69, 9.17) is 4.74 Å². The van der Waals surface area contributed by atoms with Crippen molar-refractivity contribution in [3.05, 3.63) is 43.2 Å². The predicted octanol–water partition coefficient (Wildman–Crippen LogP) is 4.53. The molecule has 0 aliphatic rings. The number of ether oxygens (including phenoxy) is 1. The Morgan fingerprint density at radius 1 is 1.40 bits per heavy atom. The number of hydrogen-bond acceptors (Lipinski definition) is 5. The molecule has 0 aliphatic heterocycles. The van der Waals surface area contributed by atoms with Crippen molar-refractivity contribution in [2.24, 2.45) is 0 Å². The van der Waals surface area contributed by atoms with E-state index in [0.29, 0.717) is 6.42 Å². The molecule has 0 radical (unpaired) electrons. The van der Waals surface area contributed by atoms with Crippen molar-refractivity contribution in [3.63, 3.8) is 0 Å². The lowest BCUT2D eigenvalue weighted by molar-refractivity contribution is -0.141. The van der Waals surface area contributed by atoms with Gasteiger partial charge in [-0.1, -0.05) is 6.07 Å². The van der Waals surface area contributed by atoms with Crippen LogP contribution in [0, 0.1) is 0 Å². The van der Waals surface area contributed by atoms with Crippen molar-refractivity contribution < 1.29 is 9.53 Å². The second kappa shape index (κ2) is 7.36. The molecule has 0 aliphatic carbocycles. The van der Waals surface area contributed by atoms with Gasteiger partial charge in [-0.05, 0) is 45.7 Å². The van der Waals surface area contributed by atoms with Gasteiger partial charge < -0.3 is 10.1 Å². The molecule has 0 aromatic carbocycles. The summed E-state index contributed by atoms with van der Waals surface area (Å²) in [4.78, 5) is 14.0. The van der Waals surface area contributed by atoms with E-state index >= 15 is 0 Å². The molecular formula is C14H16BrNO2S2. The van der Waals surface area contributed by atoms with Crippen molar-refractivity contribution in [2.75, 3.05) is 7.11 Å². The number of methoxy groups -OCH3 is 1. The van der Waals surface area contributed by atoms with Crippen LogP contribution in [0.2, 0.25) is 0 Å². The Kier molecular flexibility index (Phi) is 5.77. The lowest BCUT2D eigenvalue weighted by Crippen LogP contribution is -2.26. The Hall–Kier alpha value is -0.690. The monoisotopic (exact) mass is 373 g/mol. The molecule has 0 fully saturated rings. The van der Waals surface area contributed by atoms with E-state index in [0.717, 1.165) is 9.35 Å². The normalized spacial score (nSPS) is 13.9. The van der Waals surface area contributed by atoms with Gasteiger partial charge in [-0.25, -0.2) is 0 Å². The van der Waals surface area contributed by atoms with Crippen molar-refractivity contribution >= 4 is 44.6 Å². The molecular weight excluding hydrogens is 358 g/mol. The molecule has 0 bridgehead atoms. The first kappa shape index (κ1) is 15.7. The zero-order chi connectivity index (χ0) is 14.5. The minimum absolute atomic E-state index is 0.0218. The Bertz CT molecular complexity index is 553. The van der Waals surface area contributed by atoms with Crippen molar-refractivity contribution in [1.82, 2.24) is 5.32 Å². The molecule has 0 saturated carbocycles. The van der Waals surface area contributed by atoms with Gasteiger partial charge in [-0.3, -0.25) is 4.79 Å². The van der Waals surface area contributed by atoms with Crippen LogP contribution in [-0.4, -0.2) is 13.1 Å². The molecule has 108 valence electrons. The highest BCUT2D eigenvalue weighted by atomic mass is 79.9. The third kappa shape index (κ3) is 3.91. The summed E-state index contributed by atoms with van der Waals surface area (Å²) in [6, 6.07) is 6.23. The van der Waals surface area contributed by atoms with Gasteiger partial charge in [0.15, 0.2) is 0 Å². The van der Waals surface area contributed by atoms with E-state index in [1.54, 1.807) is 22.7 Å². The summed E-state index contributed by atoms with van der Waals surface area (Å²) in [6.07, 6.45) is 0.338. The molecule has 0 spiro atoms. The number of carbonyl (C=O) groups is 1. The van der Waals surface area contributed by atoms with E-state index in [-0.39, 0.29) is 18.1 Å². The standard InChI is InChI=1S/C14H16BrNO2S2/c1-9(14-10(15)5-7-20-14)16-11(8-13(17)18-2)12-4-3-6-19-12/h3-7,9,11,16H,8H2,1-2H3. The quantitative estimate of drug-likeness (QED) is 0.756. The predicted molar refractivity (Wildman–Crippen MR) is 87.3 cm³/mol. The van der Waals surface area contributed by atoms with E-state index in [2.05, 4.69) is 33.6 Å². The third-order valence-corrected chi connectivity index (χ3v) is 6.01. The van der Waals surface area contributed by atoms with Gasteiger partial charge in [0.25, 0.3) is 0 Å². The fraction of sp³-hybridized carbons (Fsp3) is 0.357. The number of hydrogen-bond donors (Lipinski definition) is 1. The number of nitrogens with one attached hydrogen (secondary N) is 1. The largest absolute Gasteiger partial charge is 0.469 e. The molecule has 2 atom stereocenters. The maximum Gasteiger partial charge on any atom is 0.307 e. The molecule has 3 nitrogen and oxygen atoms in total. The van der Waals surface area contributed by atoms with Crippen LogP contribution in [0.25, 0.3) is 0 Å². The summed E-state index contributed by atoms with van der Waals surface area (Å²) in [6.45, 7) is 2.11. The number of rotatable bonds is 6. The van der Waals surface area contributed by atoms with Crippen LogP contribution < -0.4 is 5.32 Å². The maximum absolute atomic E-state index is 11.6. The molecule has 0 amide bonds. The summed E-state index contributed by atoms with van der Waals surface area (Å²) >= 11 is 6.90. The fourth-order valence-corrected chi connectivity index (χ4v) is 4.49. The van der Waals surface area contributed by atoms with Crippen LogP contribution >= 0.6 is 38.6 Å².